The Morgan fingerprint density at radius 3 is 2.54 bits per heavy atom. The molecule has 0 aliphatic heterocycles. The minimum absolute atomic E-state index is 0.269. The summed E-state index contributed by atoms with van der Waals surface area (Å²) in [6, 6.07) is 17.3. The Morgan fingerprint density at radius 1 is 1.04 bits per heavy atom. The third kappa shape index (κ3) is 4.80. The fourth-order valence-electron chi connectivity index (χ4n) is 2.40. The predicted molar refractivity (Wildman–Crippen MR) is 102 cm³/mol. The molecule has 1 heterocycles. The fraction of sp³-hybridized carbons (Fsp3) is 0.150. The molecule has 132 valence electrons. The van der Waals surface area contributed by atoms with Crippen LogP contribution in [-0.2, 0) is 6.42 Å². The average molecular weight is 348 g/mol. The maximum absolute atomic E-state index is 12.3. The molecule has 0 radical (unpaired) electrons. The number of benzene rings is 2. The Balaban J connectivity index is 1.54. The number of rotatable bonds is 7. The summed E-state index contributed by atoms with van der Waals surface area (Å²) in [5, 5.41) is 5.95. The second-order valence-electron chi connectivity index (χ2n) is 5.64. The van der Waals surface area contributed by atoms with Gasteiger partial charge in [-0.15, -0.1) is 0 Å². The number of carbonyl (C=O) groups is 1. The van der Waals surface area contributed by atoms with E-state index >= 15 is 0 Å². The first-order chi connectivity index (χ1) is 12.7. The number of methoxy groups -OCH3 is 1. The second kappa shape index (κ2) is 8.62. The summed E-state index contributed by atoms with van der Waals surface area (Å²) in [5.74, 6) is 0.907. The number of hydrogen-bond acceptors (Lipinski definition) is 5. The van der Waals surface area contributed by atoms with Crippen LogP contribution >= 0.6 is 0 Å². The van der Waals surface area contributed by atoms with Gasteiger partial charge in [-0.3, -0.25) is 4.79 Å². The first-order valence-corrected chi connectivity index (χ1v) is 8.30. The van der Waals surface area contributed by atoms with Gasteiger partial charge in [-0.2, -0.15) is 0 Å². The van der Waals surface area contributed by atoms with Gasteiger partial charge in [-0.25, -0.2) is 9.97 Å². The zero-order valence-electron chi connectivity index (χ0n) is 14.5. The van der Waals surface area contributed by atoms with Gasteiger partial charge in [0.05, 0.1) is 12.7 Å². The molecule has 0 aliphatic rings. The first kappa shape index (κ1) is 17.4. The molecule has 2 aromatic carbocycles. The SMILES string of the molecule is COc1cccc(NC(=O)c2cnc(NCCc3ccccc3)nc2)c1. The van der Waals surface area contributed by atoms with E-state index in [1.807, 2.05) is 30.3 Å². The van der Waals surface area contributed by atoms with E-state index < -0.39 is 0 Å². The maximum Gasteiger partial charge on any atom is 0.258 e. The van der Waals surface area contributed by atoms with Crippen molar-refractivity contribution in [1.82, 2.24) is 9.97 Å². The van der Waals surface area contributed by atoms with Crippen molar-refractivity contribution < 1.29 is 9.53 Å². The Hall–Kier alpha value is -3.41. The Morgan fingerprint density at radius 2 is 1.81 bits per heavy atom. The lowest BCUT2D eigenvalue weighted by Crippen LogP contribution is -2.14. The van der Waals surface area contributed by atoms with Gasteiger partial charge in [0.15, 0.2) is 0 Å². The van der Waals surface area contributed by atoms with E-state index in [-0.39, 0.29) is 5.91 Å². The molecule has 0 aliphatic carbocycles. The lowest BCUT2D eigenvalue weighted by atomic mass is 10.1. The van der Waals surface area contributed by atoms with Crippen molar-refractivity contribution in [3.8, 4) is 5.75 Å². The summed E-state index contributed by atoms with van der Waals surface area (Å²) in [6.45, 7) is 0.722. The number of ether oxygens (including phenoxy) is 1. The third-order valence-corrected chi connectivity index (χ3v) is 3.78. The highest BCUT2D eigenvalue weighted by Gasteiger charge is 2.08. The summed E-state index contributed by atoms with van der Waals surface area (Å²) in [6.07, 6.45) is 3.89. The topological polar surface area (TPSA) is 76.1 Å². The van der Waals surface area contributed by atoms with Crippen LogP contribution in [-0.4, -0.2) is 29.5 Å². The minimum atomic E-state index is -0.269. The molecule has 6 heteroatoms. The molecule has 0 saturated heterocycles. The Bertz CT molecular complexity index is 851. The van der Waals surface area contributed by atoms with Gasteiger partial charge in [0.1, 0.15) is 5.75 Å². The number of hydrogen-bond donors (Lipinski definition) is 2. The number of nitrogens with one attached hydrogen (secondary N) is 2. The summed E-state index contributed by atoms with van der Waals surface area (Å²) < 4.78 is 5.14. The molecule has 0 fully saturated rings. The van der Waals surface area contributed by atoms with Crippen molar-refractivity contribution in [3.63, 3.8) is 0 Å². The van der Waals surface area contributed by atoms with E-state index in [4.69, 9.17) is 4.74 Å². The predicted octanol–water partition coefficient (Wildman–Crippen LogP) is 3.39. The van der Waals surface area contributed by atoms with Crippen LogP contribution in [0, 0.1) is 0 Å². The number of aromatic nitrogens is 2. The van der Waals surface area contributed by atoms with Crippen molar-refractivity contribution in [3.05, 3.63) is 78.1 Å². The summed E-state index contributed by atoms with van der Waals surface area (Å²) in [7, 11) is 1.58. The summed E-state index contributed by atoms with van der Waals surface area (Å²) >= 11 is 0. The number of carbonyl (C=O) groups excluding carboxylic acids is 1. The minimum Gasteiger partial charge on any atom is -0.497 e. The van der Waals surface area contributed by atoms with E-state index in [9.17, 15) is 4.79 Å². The van der Waals surface area contributed by atoms with Crippen LogP contribution in [0.4, 0.5) is 11.6 Å². The molecule has 2 N–H and O–H groups in total. The van der Waals surface area contributed by atoms with Crippen molar-refractivity contribution >= 4 is 17.5 Å². The van der Waals surface area contributed by atoms with Crippen molar-refractivity contribution in [2.24, 2.45) is 0 Å². The Labute approximate surface area is 152 Å². The molecule has 26 heavy (non-hydrogen) atoms. The van der Waals surface area contributed by atoms with Gasteiger partial charge in [0.25, 0.3) is 5.91 Å². The van der Waals surface area contributed by atoms with Crippen molar-refractivity contribution in [2.45, 2.75) is 6.42 Å². The van der Waals surface area contributed by atoms with Gasteiger partial charge in [-0.05, 0) is 24.1 Å². The molecule has 3 rings (SSSR count). The normalized spacial score (nSPS) is 10.2. The van der Waals surface area contributed by atoms with Gasteiger partial charge in [0, 0.05) is 30.7 Å². The van der Waals surface area contributed by atoms with E-state index in [1.54, 1.807) is 19.2 Å². The fourth-order valence-corrected chi connectivity index (χ4v) is 2.40. The van der Waals surface area contributed by atoms with Crippen LogP contribution in [0.3, 0.4) is 0 Å². The van der Waals surface area contributed by atoms with E-state index in [1.165, 1.54) is 18.0 Å². The molecular weight excluding hydrogens is 328 g/mol. The zero-order valence-corrected chi connectivity index (χ0v) is 14.5. The standard InChI is InChI=1S/C20H20N4O2/c1-26-18-9-5-8-17(12-18)24-19(25)16-13-22-20(23-14-16)21-11-10-15-6-3-2-4-7-15/h2-9,12-14H,10-11H2,1H3,(H,24,25)(H,21,22,23). The number of nitrogens with zero attached hydrogens (tertiary/aromatic N) is 2. The third-order valence-electron chi connectivity index (χ3n) is 3.78. The number of anilines is 2. The average Bonchev–Trinajstić information content (AvgIpc) is 2.69. The van der Waals surface area contributed by atoms with Gasteiger partial charge in [-0.1, -0.05) is 36.4 Å². The smallest absolute Gasteiger partial charge is 0.258 e. The van der Waals surface area contributed by atoms with Crippen LogP contribution in [0.5, 0.6) is 5.75 Å². The molecule has 1 amide bonds. The monoisotopic (exact) mass is 348 g/mol. The highest BCUT2D eigenvalue weighted by atomic mass is 16.5. The first-order valence-electron chi connectivity index (χ1n) is 8.30. The molecule has 0 spiro atoms. The van der Waals surface area contributed by atoms with Crippen LogP contribution < -0.4 is 15.4 Å². The van der Waals surface area contributed by atoms with Gasteiger partial charge in [0.2, 0.25) is 5.95 Å². The highest BCUT2D eigenvalue weighted by molar-refractivity contribution is 6.03. The van der Waals surface area contributed by atoms with Crippen molar-refractivity contribution in [2.75, 3.05) is 24.3 Å². The Kier molecular flexibility index (Phi) is 5.77. The highest BCUT2D eigenvalue weighted by Crippen LogP contribution is 2.17. The molecule has 1 aromatic heterocycles. The van der Waals surface area contributed by atoms with E-state index in [0.29, 0.717) is 22.9 Å². The zero-order chi connectivity index (χ0) is 18.2. The van der Waals surface area contributed by atoms with E-state index in [0.717, 1.165) is 13.0 Å². The molecule has 0 saturated carbocycles. The van der Waals surface area contributed by atoms with Crippen molar-refractivity contribution in [1.29, 1.82) is 0 Å². The summed E-state index contributed by atoms with van der Waals surface area (Å²) in [5.41, 5.74) is 2.29. The van der Waals surface area contributed by atoms with Crippen LogP contribution in [0.15, 0.2) is 67.0 Å². The lowest BCUT2D eigenvalue weighted by molar-refractivity contribution is 0.102. The van der Waals surface area contributed by atoms with Crippen LogP contribution in [0.2, 0.25) is 0 Å². The van der Waals surface area contributed by atoms with Gasteiger partial charge >= 0.3 is 0 Å². The summed E-state index contributed by atoms with van der Waals surface area (Å²) in [4.78, 5) is 20.7. The maximum atomic E-state index is 12.3. The number of amides is 1. The molecule has 0 atom stereocenters. The largest absolute Gasteiger partial charge is 0.497 e. The lowest BCUT2D eigenvalue weighted by Gasteiger charge is -2.08. The molecule has 0 unspecified atom stereocenters. The quantitative estimate of drug-likeness (QED) is 0.684. The molecule has 3 aromatic rings. The molecule has 6 nitrogen and oxygen atoms in total. The van der Waals surface area contributed by atoms with E-state index in [2.05, 4.69) is 32.7 Å². The molecule has 0 bridgehead atoms. The van der Waals surface area contributed by atoms with Crippen LogP contribution in [0.1, 0.15) is 15.9 Å². The molecular formula is C20H20N4O2. The van der Waals surface area contributed by atoms with Crippen LogP contribution in [0.25, 0.3) is 0 Å². The van der Waals surface area contributed by atoms with Gasteiger partial charge < -0.3 is 15.4 Å². The second-order valence-corrected chi connectivity index (χ2v) is 5.64.